The lowest BCUT2D eigenvalue weighted by Gasteiger charge is -2.35. The smallest absolute Gasteiger partial charge is 0.237 e. The van der Waals surface area contributed by atoms with Crippen molar-refractivity contribution in [3.8, 4) is 11.5 Å². The lowest BCUT2D eigenvalue weighted by atomic mass is 10.1. The molecule has 1 atom stereocenters. The first-order valence-corrected chi connectivity index (χ1v) is 8.66. The fraction of sp³-hybridized carbons (Fsp3) is 0.556. The fourth-order valence-electron chi connectivity index (χ4n) is 2.82. The maximum atomic E-state index is 12.2. The summed E-state index contributed by atoms with van der Waals surface area (Å²) >= 11 is 0. The number of hydrogen-bond donors (Lipinski definition) is 4. The van der Waals surface area contributed by atoms with Crippen LogP contribution in [0.5, 0.6) is 11.5 Å². The van der Waals surface area contributed by atoms with Crippen molar-refractivity contribution < 1.29 is 19.8 Å². The second kappa shape index (κ2) is 8.71. The highest BCUT2D eigenvalue weighted by molar-refractivity contribution is 5.88. The summed E-state index contributed by atoms with van der Waals surface area (Å²) < 4.78 is 0. The Hall–Kier alpha value is -2.28. The zero-order valence-electron chi connectivity index (χ0n) is 14.8. The lowest BCUT2D eigenvalue weighted by molar-refractivity contribution is -0.134. The van der Waals surface area contributed by atoms with Crippen LogP contribution in [0.25, 0.3) is 0 Å². The largest absolute Gasteiger partial charge is 0.508 e. The zero-order valence-corrected chi connectivity index (χ0v) is 14.8. The average Bonchev–Trinajstić information content (AvgIpc) is 2.54. The molecule has 1 aromatic carbocycles. The molecule has 0 bridgehead atoms. The normalized spacial score (nSPS) is 18.2. The predicted octanol–water partition coefficient (Wildman–Crippen LogP) is 0.951. The molecule has 0 aliphatic carbocycles. The van der Waals surface area contributed by atoms with Gasteiger partial charge in [0.25, 0.3) is 0 Å². The number of phenols is 2. The first-order chi connectivity index (χ1) is 11.9. The molecule has 25 heavy (non-hydrogen) atoms. The van der Waals surface area contributed by atoms with Gasteiger partial charge in [-0.05, 0) is 31.0 Å². The Morgan fingerprint density at radius 2 is 2.16 bits per heavy atom. The van der Waals surface area contributed by atoms with E-state index < -0.39 is 6.04 Å². The molecule has 0 spiro atoms. The number of phenolic OH excluding ortho intramolecular Hbond substituents is 2. The van der Waals surface area contributed by atoms with Gasteiger partial charge in [0.2, 0.25) is 11.8 Å². The van der Waals surface area contributed by atoms with E-state index >= 15 is 0 Å². The van der Waals surface area contributed by atoms with Crippen molar-refractivity contribution in [1.82, 2.24) is 15.5 Å². The second-order valence-electron chi connectivity index (χ2n) is 6.82. The Labute approximate surface area is 148 Å². The summed E-state index contributed by atoms with van der Waals surface area (Å²) in [5.74, 6) is 0.0696. The van der Waals surface area contributed by atoms with E-state index in [1.165, 1.54) is 12.1 Å². The van der Waals surface area contributed by atoms with Crippen molar-refractivity contribution in [2.24, 2.45) is 5.92 Å². The monoisotopic (exact) mass is 349 g/mol. The third-order valence-corrected chi connectivity index (χ3v) is 4.36. The maximum Gasteiger partial charge on any atom is 0.237 e. The van der Waals surface area contributed by atoms with Crippen LogP contribution in [-0.4, -0.2) is 52.6 Å². The van der Waals surface area contributed by atoms with Gasteiger partial charge in [-0.1, -0.05) is 13.8 Å². The molecule has 1 saturated heterocycles. The van der Waals surface area contributed by atoms with Crippen molar-refractivity contribution in [2.45, 2.75) is 39.3 Å². The van der Waals surface area contributed by atoms with Crippen LogP contribution in [0.1, 0.15) is 32.3 Å². The number of nitrogens with zero attached hydrogens (tertiary/aromatic N) is 1. The molecule has 7 nitrogen and oxygen atoms in total. The van der Waals surface area contributed by atoms with Crippen molar-refractivity contribution in [3.63, 3.8) is 0 Å². The summed E-state index contributed by atoms with van der Waals surface area (Å²) in [4.78, 5) is 26.5. The molecule has 138 valence electrons. The van der Waals surface area contributed by atoms with Gasteiger partial charge in [-0.2, -0.15) is 0 Å². The van der Waals surface area contributed by atoms with Gasteiger partial charge < -0.3 is 20.8 Å². The topological polar surface area (TPSA) is 102 Å². The molecule has 1 fully saturated rings. The van der Waals surface area contributed by atoms with E-state index in [0.717, 1.165) is 19.5 Å². The van der Waals surface area contributed by atoms with E-state index in [1.807, 2.05) is 0 Å². The Morgan fingerprint density at radius 1 is 1.40 bits per heavy atom. The Morgan fingerprint density at radius 3 is 2.84 bits per heavy atom. The summed E-state index contributed by atoms with van der Waals surface area (Å²) in [6.45, 7) is 6.56. The zero-order chi connectivity index (χ0) is 18.4. The first kappa shape index (κ1) is 19.1. The highest BCUT2D eigenvalue weighted by Gasteiger charge is 2.31. The average molecular weight is 349 g/mol. The lowest BCUT2D eigenvalue weighted by Crippen LogP contribution is -2.56. The SMILES string of the molecule is CC(C)CCN1CCNC(=O)C1CC(=O)NCc1ccc(O)cc1O. The van der Waals surface area contributed by atoms with Crippen LogP contribution < -0.4 is 10.6 Å². The minimum atomic E-state index is -0.457. The molecule has 2 rings (SSSR count). The van der Waals surface area contributed by atoms with Crippen molar-refractivity contribution in [3.05, 3.63) is 23.8 Å². The molecule has 1 aliphatic heterocycles. The Bertz CT molecular complexity index is 618. The summed E-state index contributed by atoms with van der Waals surface area (Å²) in [5, 5.41) is 24.6. The van der Waals surface area contributed by atoms with E-state index in [9.17, 15) is 19.8 Å². The number of carbonyl (C=O) groups is 2. The molecule has 0 radical (unpaired) electrons. The van der Waals surface area contributed by atoms with Gasteiger partial charge in [0.05, 0.1) is 12.5 Å². The number of hydrogen-bond acceptors (Lipinski definition) is 5. The molecular formula is C18H27N3O4. The highest BCUT2D eigenvalue weighted by atomic mass is 16.3. The van der Waals surface area contributed by atoms with E-state index in [2.05, 4.69) is 29.4 Å². The van der Waals surface area contributed by atoms with E-state index in [-0.39, 0.29) is 36.3 Å². The van der Waals surface area contributed by atoms with Crippen LogP contribution in [0, 0.1) is 5.92 Å². The van der Waals surface area contributed by atoms with Crippen molar-refractivity contribution >= 4 is 11.8 Å². The summed E-state index contributed by atoms with van der Waals surface area (Å²) in [7, 11) is 0. The molecule has 1 aromatic rings. The number of aromatic hydroxyl groups is 2. The Balaban J connectivity index is 1.90. The Kier molecular flexibility index (Phi) is 6.64. The van der Waals surface area contributed by atoms with Crippen LogP contribution >= 0.6 is 0 Å². The molecule has 2 amide bonds. The minimum Gasteiger partial charge on any atom is -0.508 e. The standard InChI is InChI=1S/C18H27N3O4/c1-12(2)5-7-21-8-6-19-18(25)15(21)10-17(24)20-11-13-3-4-14(22)9-16(13)23/h3-4,9,12,15,22-23H,5-8,10-11H2,1-2H3,(H,19,25)(H,20,24). The van der Waals surface area contributed by atoms with Gasteiger partial charge in [0.1, 0.15) is 11.5 Å². The van der Waals surface area contributed by atoms with Gasteiger partial charge in [-0.25, -0.2) is 0 Å². The van der Waals surface area contributed by atoms with Gasteiger partial charge in [-0.15, -0.1) is 0 Å². The molecule has 0 aromatic heterocycles. The predicted molar refractivity (Wildman–Crippen MR) is 94.1 cm³/mol. The minimum absolute atomic E-state index is 0.0350. The fourth-order valence-corrected chi connectivity index (χ4v) is 2.82. The summed E-state index contributed by atoms with van der Waals surface area (Å²) in [5.41, 5.74) is 0.510. The number of rotatable bonds is 7. The second-order valence-corrected chi connectivity index (χ2v) is 6.82. The van der Waals surface area contributed by atoms with E-state index in [4.69, 9.17) is 0 Å². The van der Waals surface area contributed by atoms with Gasteiger partial charge >= 0.3 is 0 Å². The van der Waals surface area contributed by atoms with Gasteiger partial charge in [0.15, 0.2) is 0 Å². The summed E-state index contributed by atoms with van der Waals surface area (Å²) in [6.07, 6.45) is 1.07. The number of carbonyl (C=O) groups excluding carboxylic acids is 2. The quantitative estimate of drug-likeness (QED) is 0.587. The van der Waals surface area contributed by atoms with Crippen molar-refractivity contribution in [1.29, 1.82) is 0 Å². The molecule has 0 saturated carbocycles. The molecular weight excluding hydrogens is 322 g/mol. The molecule has 7 heteroatoms. The number of nitrogens with one attached hydrogen (secondary N) is 2. The maximum absolute atomic E-state index is 12.2. The van der Waals surface area contributed by atoms with Crippen LogP contribution in [0.3, 0.4) is 0 Å². The molecule has 1 heterocycles. The molecule has 1 aliphatic rings. The van der Waals surface area contributed by atoms with Gasteiger partial charge in [0, 0.05) is 31.3 Å². The number of amides is 2. The van der Waals surface area contributed by atoms with Crippen LogP contribution in [0.4, 0.5) is 0 Å². The van der Waals surface area contributed by atoms with Crippen LogP contribution in [0.2, 0.25) is 0 Å². The third kappa shape index (κ3) is 5.63. The highest BCUT2D eigenvalue weighted by Crippen LogP contribution is 2.22. The van der Waals surface area contributed by atoms with Crippen LogP contribution in [0.15, 0.2) is 18.2 Å². The first-order valence-electron chi connectivity index (χ1n) is 8.66. The van der Waals surface area contributed by atoms with E-state index in [1.54, 1.807) is 6.07 Å². The third-order valence-electron chi connectivity index (χ3n) is 4.36. The van der Waals surface area contributed by atoms with Crippen LogP contribution in [-0.2, 0) is 16.1 Å². The number of piperazine rings is 1. The van der Waals surface area contributed by atoms with E-state index in [0.29, 0.717) is 18.0 Å². The van der Waals surface area contributed by atoms with Gasteiger partial charge in [-0.3, -0.25) is 14.5 Å². The van der Waals surface area contributed by atoms with Crippen molar-refractivity contribution in [2.75, 3.05) is 19.6 Å². The molecule has 1 unspecified atom stereocenters. The number of benzene rings is 1. The summed E-state index contributed by atoms with van der Waals surface area (Å²) in [6, 6.07) is 3.77. The molecule has 4 N–H and O–H groups in total.